The van der Waals surface area contributed by atoms with E-state index in [1.54, 1.807) is 0 Å². The van der Waals surface area contributed by atoms with Crippen molar-refractivity contribution in [2.75, 3.05) is 0 Å². The molecule has 0 aliphatic heterocycles. The Kier molecular flexibility index (Phi) is 5.10. The summed E-state index contributed by atoms with van der Waals surface area (Å²) in [5, 5.41) is 0. The summed E-state index contributed by atoms with van der Waals surface area (Å²) in [6, 6.07) is 0. The average Bonchev–Trinajstić information content (AvgIpc) is 2.26. The van der Waals surface area contributed by atoms with Crippen LogP contribution in [0.15, 0.2) is 0 Å². The van der Waals surface area contributed by atoms with Gasteiger partial charge in [0.2, 0.25) is 0 Å². The standard InChI is InChI=1S/C16H34/c1-10-14(5,6)13(4)16(9,12-3)15(7,8)11-2/h13H,10-12H2,1-9H3. The van der Waals surface area contributed by atoms with E-state index < -0.39 is 0 Å². The Bertz CT molecular complexity index is 212. The highest BCUT2D eigenvalue weighted by molar-refractivity contribution is 4.96. The molecule has 0 aromatic heterocycles. The molecule has 0 heteroatoms. The van der Waals surface area contributed by atoms with E-state index in [4.69, 9.17) is 0 Å². The Morgan fingerprint density at radius 1 is 0.750 bits per heavy atom. The van der Waals surface area contributed by atoms with Crippen molar-refractivity contribution in [3.05, 3.63) is 0 Å². The van der Waals surface area contributed by atoms with Gasteiger partial charge in [0.1, 0.15) is 0 Å². The Morgan fingerprint density at radius 2 is 1.19 bits per heavy atom. The lowest BCUT2D eigenvalue weighted by Crippen LogP contribution is -2.45. The highest BCUT2D eigenvalue weighted by atomic mass is 14.5. The minimum absolute atomic E-state index is 0.424. The zero-order chi connectivity index (χ0) is 13.2. The van der Waals surface area contributed by atoms with E-state index in [1.807, 2.05) is 0 Å². The quantitative estimate of drug-likeness (QED) is 0.528. The predicted octanol–water partition coefficient (Wildman–Crippen LogP) is 5.91. The van der Waals surface area contributed by atoms with Gasteiger partial charge < -0.3 is 0 Å². The van der Waals surface area contributed by atoms with Crippen molar-refractivity contribution in [1.29, 1.82) is 0 Å². The van der Waals surface area contributed by atoms with Crippen molar-refractivity contribution in [2.24, 2.45) is 22.2 Å². The zero-order valence-corrected chi connectivity index (χ0v) is 13.2. The molecule has 0 radical (unpaired) electrons. The lowest BCUT2D eigenvalue weighted by molar-refractivity contribution is -0.0378. The van der Waals surface area contributed by atoms with Crippen LogP contribution >= 0.6 is 0 Å². The van der Waals surface area contributed by atoms with Crippen LogP contribution < -0.4 is 0 Å². The van der Waals surface area contributed by atoms with E-state index in [2.05, 4.69) is 62.3 Å². The molecule has 0 bridgehead atoms. The molecule has 2 unspecified atom stereocenters. The van der Waals surface area contributed by atoms with Crippen LogP contribution in [0.4, 0.5) is 0 Å². The summed E-state index contributed by atoms with van der Waals surface area (Å²) >= 11 is 0. The van der Waals surface area contributed by atoms with Crippen LogP contribution in [0.2, 0.25) is 0 Å². The van der Waals surface area contributed by atoms with Crippen LogP contribution in [-0.2, 0) is 0 Å². The highest BCUT2D eigenvalue weighted by Crippen LogP contribution is 2.55. The van der Waals surface area contributed by atoms with E-state index in [9.17, 15) is 0 Å². The van der Waals surface area contributed by atoms with Crippen LogP contribution in [0.25, 0.3) is 0 Å². The van der Waals surface area contributed by atoms with E-state index in [0.717, 1.165) is 5.92 Å². The molecule has 0 saturated heterocycles. The van der Waals surface area contributed by atoms with E-state index in [0.29, 0.717) is 16.2 Å². The third kappa shape index (κ3) is 2.63. The van der Waals surface area contributed by atoms with Gasteiger partial charge in [-0.1, -0.05) is 75.2 Å². The molecule has 0 aromatic carbocycles. The van der Waals surface area contributed by atoms with Crippen molar-refractivity contribution in [3.8, 4) is 0 Å². The first kappa shape index (κ1) is 16.0. The van der Waals surface area contributed by atoms with Crippen LogP contribution in [0, 0.1) is 22.2 Å². The molecular formula is C16H34. The molecule has 0 aromatic rings. The lowest BCUT2D eigenvalue weighted by Gasteiger charge is -2.53. The predicted molar refractivity (Wildman–Crippen MR) is 75.7 cm³/mol. The van der Waals surface area contributed by atoms with Gasteiger partial charge in [0.25, 0.3) is 0 Å². The monoisotopic (exact) mass is 226 g/mol. The van der Waals surface area contributed by atoms with Gasteiger partial charge in [-0.05, 0) is 28.6 Å². The topological polar surface area (TPSA) is 0 Å². The van der Waals surface area contributed by atoms with Gasteiger partial charge in [-0.25, -0.2) is 0 Å². The van der Waals surface area contributed by atoms with Crippen LogP contribution in [0.3, 0.4) is 0 Å². The molecular weight excluding hydrogens is 192 g/mol. The van der Waals surface area contributed by atoms with Gasteiger partial charge >= 0.3 is 0 Å². The minimum atomic E-state index is 0.424. The van der Waals surface area contributed by atoms with Gasteiger partial charge in [0.05, 0.1) is 0 Å². The fraction of sp³-hybridized carbons (Fsp3) is 1.00. The second-order valence-electron chi connectivity index (χ2n) is 7.07. The smallest absolute Gasteiger partial charge is 0.0247 e. The molecule has 0 nitrogen and oxygen atoms in total. The number of hydrogen-bond donors (Lipinski definition) is 0. The first-order valence-electron chi connectivity index (χ1n) is 7.09. The second-order valence-corrected chi connectivity index (χ2v) is 7.07. The van der Waals surface area contributed by atoms with Crippen molar-refractivity contribution in [2.45, 2.75) is 81.6 Å². The summed E-state index contributed by atoms with van der Waals surface area (Å²) in [5.74, 6) is 0.755. The SMILES string of the molecule is CCC(C)(C)C(C)C(C)(CC)C(C)(C)CC. The Hall–Kier alpha value is 0. The summed E-state index contributed by atoms with van der Waals surface area (Å²) in [7, 11) is 0. The first-order chi connectivity index (χ1) is 7.09. The third-order valence-electron chi connectivity index (χ3n) is 6.20. The van der Waals surface area contributed by atoms with Gasteiger partial charge in [0.15, 0.2) is 0 Å². The largest absolute Gasteiger partial charge is 0.0649 e. The molecule has 0 heterocycles. The maximum Gasteiger partial charge on any atom is -0.0247 e. The maximum absolute atomic E-state index is 2.50. The van der Waals surface area contributed by atoms with Crippen molar-refractivity contribution >= 4 is 0 Å². The molecule has 0 N–H and O–H groups in total. The van der Waals surface area contributed by atoms with Gasteiger partial charge in [-0.3, -0.25) is 0 Å². The summed E-state index contributed by atoms with van der Waals surface area (Å²) in [6.45, 7) is 21.7. The molecule has 0 aliphatic rings. The average molecular weight is 226 g/mol. The zero-order valence-electron chi connectivity index (χ0n) is 13.2. The molecule has 0 spiro atoms. The van der Waals surface area contributed by atoms with Gasteiger partial charge in [-0.15, -0.1) is 0 Å². The fourth-order valence-electron chi connectivity index (χ4n) is 2.94. The van der Waals surface area contributed by atoms with Crippen molar-refractivity contribution < 1.29 is 0 Å². The van der Waals surface area contributed by atoms with E-state index in [-0.39, 0.29) is 0 Å². The molecule has 0 aliphatic carbocycles. The molecule has 0 amide bonds. The van der Waals surface area contributed by atoms with E-state index >= 15 is 0 Å². The molecule has 0 saturated carbocycles. The summed E-state index contributed by atoms with van der Waals surface area (Å²) in [5.41, 5.74) is 1.30. The lowest BCUT2D eigenvalue weighted by atomic mass is 9.52. The summed E-state index contributed by atoms with van der Waals surface area (Å²) < 4.78 is 0. The van der Waals surface area contributed by atoms with Crippen molar-refractivity contribution in [1.82, 2.24) is 0 Å². The molecule has 16 heavy (non-hydrogen) atoms. The Labute approximate surface area is 104 Å². The maximum atomic E-state index is 2.50. The summed E-state index contributed by atoms with van der Waals surface area (Å²) in [6.07, 6.45) is 3.81. The Balaban J connectivity index is 5.27. The van der Waals surface area contributed by atoms with E-state index in [1.165, 1.54) is 19.3 Å². The number of rotatable bonds is 6. The molecule has 98 valence electrons. The van der Waals surface area contributed by atoms with Crippen LogP contribution in [0.5, 0.6) is 0 Å². The molecule has 2 atom stereocenters. The minimum Gasteiger partial charge on any atom is -0.0649 e. The summed E-state index contributed by atoms with van der Waals surface area (Å²) in [4.78, 5) is 0. The highest BCUT2D eigenvalue weighted by Gasteiger charge is 2.46. The normalized spacial score (nSPS) is 19.3. The molecule has 0 rings (SSSR count). The fourth-order valence-corrected chi connectivity index (χ4v) is 2.94. The van der Waals surface area contributed by atoms with Gasteiger partial charge in [0, 0.05) is 0 Å². The van der Waals surface area contributed by atoms with Crippen LogP contribution in [0.1, 0.15) is 81.6 Å². The number of hydrogen-bond acceptors (Lipinski definition) is 0. The van der Waals surface area contributed by atoms with Crippen molar-refractivity contribution in [3.63, 3.8) is 0 Å². The third-order valence-corrected chi connectivity index (χ3v) is 6.20. The van der Waals surface area contributed by atoms with Gasteiger partial charge in [-0.2, -0.15) is 0 Å². The molecule has 0 fully saturated rings. The second kappa shape index (κ2) is 5.10. The Morgan fingerprint density at radius 3 is 1.44 bits per heavy atom. The first-order valence-corrected chi connectivity index (χ1v) is 7.09. The van der Waals surface area contributed by atoms with Crippen LogP contribution in [-0.4, -0.2) is 0 Å².